The molecule has 3 rings (SSSR count). The van der Waals surface area contributed by atoms with Crippen molar-refractivity contribution in [2.24, 2.45) is 0 Å². The highest BCUT2D eigenvalue weighted by Crippen LogP contribution is 2.31. The Morgan fingerprint density at radius 1 is 1.35 bits per heavy atom. The van der Waals surface area contributed by atoms with Gasteiger partial charge in [0.1, 0.15) is 18.9 Å². The van der Waals surface area contributed by atoms with Gasteiger partial charge in [-0.25, -0.2) is 0 Å². The molecule has 20 heavy (non-hydrogen) atoms. The summed E-state index contributed by atoms with van der Waals surface area (Å²) in [6.07, 6.45) is 0. The smallest absolute Gasteiger partial charge is 0.438 e. The van der Waals surface area contributed by atoms with Gasteiger partial charge in [0.15, 0.2) is 11.5 Å². The van der Waals surface area contributed by atoms with Crippen LogP contribution in [0, 0.1) is 15.5 Å². The molecule has 0 aliphatic carbocycles. The van der Waals surface area contributed by atoms with Gasteiger partial charge in [-0.05, 0) is 21.9 Å². The van der Waals surface area contributed by atoms with Gasteiger partial charge in [0, 0.05) is 6.07 Å². The van der Waals surface area contributed by atoms with Crippen LogP contribution in [-0.4, -0.2) is 38.1 Å². The molecule has 0 saturated heterocycles. The Kier molecular flexibility index (Phi) is 2.56. The maximum atomic E-state index is 10.7. The number of benzene rings is 1. The topological polar surface area (TPSA) is 128 Å². The number of nitrogens with zero attached hydrogens (tertiary/aromatic N) is 4. The monoisotopic (exact) mass is 279 g/mol. The first-order valence-electron chi connectivity index (χ1n) is 5.58. The molecule has 1 aromatic heterocycles. The molecule has 0 saturated carbocycles. The second-order valence-electron chi connectivity index (χ2n) is 3.94. The molecular formula is C10H9N5O5. The predicted molar refractivity (Wildman–Crippen MR) is 62.2 cm³/mol. The summed E-state index contributed by atoms with van der Waals surface area (Å²) in [4.78, 5) is 11.0. The predicted octanol–water partition coefficient (Wildman–Crippen LogP) is 0.0700. The fourth-order valence-corrected chi connectivity index (χ4v) is 1.81. The van der Waals surface area contributed by atoms with Crippen molar-refractivity contribution in [1.29, 1.82) is 5.41 Å². The van der Waals surface area contributed by atoms with Gasteiger partial charge in [-0.2, -0.15) is 0 Å². The van der Waals surface area contributed by atoms with Crippen molar-refractivity contribution in [3.05, 3.63) is 33.8 Å². The van der Waals surface area contributed by atoms with Crippen molar-refractivity contribution in [2.75, 3.05) is 13.2 Å². The van der Waals surface area contributed by atoms with E-state index in [2.05, 4.69) is 5.10 Å². The van der Waals surface area contributed by atoms with E-state index in [1.165, 1.54) is 12.1 Å². The van der Waals surface area contributed by atoms with Crippen LogP contribution in [0.15, 0.2) is 18.2 Å². The first-order chi connectivity index (χ1) is 9.58. The maximum absolute atomic E-state index is 10.7. The van der Waals surface area contributed by atoms with Crippen molar-refractivity contribution in [3.8, 4) is 17.2 Å². The third kappa shape index (κ3) is 1.74. The highest BCUT2D eigenvalue weighted by Gasteiger charge is 2.24. The number of nitro groups is 1. The lowest BCUT2D eigenvalue weighted by Crippen LogP contribution is -2.21. The van der Waals surface area contributed by atoms with Gasteiger partial charge < -0.3 is 24.8 Å². The van der Waals surface area contributed by atoms with E-state index in [4.69, 9.17) is 14.9 Å². The molecule has 2 heterocycles. The van der Waals surface area contributed by atoms with E-state index in [0.717, 1.165) is 4.80 Å². The summed E-state index contributed by atoms with van der Waals surface area (Å²) in [6.45, 7) is 0.828. The van der Waals surface area contributed by atoms with Gasteiger partial charge in [-0.3, -0.25) is 5.41 Å². The molecule has 10 nitrogen and oxygen atoms in total. The summed E-state index contributed by atoms with van der Waals surface area (Å²) in [6, 6.07) is 4.65. The zero-order chi connectivity index (χ0) is 14.3. The van der Waals surface area contributed by atoms with Gasteiger partial charge in [0.25, 0.3) is 5.49 Å². The Labute approximate surface area is 111 Å². The third-order valence-corrected chi connectivity index (χ3v) is 2.71. The molecule has 0 fully saturated rings. The molecule has 0 amide bonds. The van der Waals surface area contributed by atoms with Gasteiger partial charge in [-0.15, -0.1) is 0 Å². The van der Waals surface area contributed by atoms with Crippen molar-refractivity contribution >= 4 is 5.82 Å². The first kappa shape index (κ1) is 12.0. The van der Waals surface area contributed by atoms with Crippen molar-refractivity contribution < 1.29 is 19.6 Å². The van der Waals surface area contributed by atoms with Crippen LogP contribution in [0.4, 0.5) is 5.82 Å². The number of nitrogens with one attached hydrogen (secondary N) is 1. The molecular weight excluding hydrogens is 270 g/mol. The highest BCUT2D eigenvalue weighted by atomic mass is 16.6. The SMILES string of the molecule is N=c1c([N+](=O)[O-])nn(-c2ccc3c(c2)OCCO3)n1O. The molecule has 1 aliphatic heterocycles. The first-order valence-corrected chi connectivity index (χ1v) is 5.58. The molecule has 1 aliphatic rings. The molecule has 0 unspecified atom stereocenters. The average Bonchev–Trinajstić information content (AvgIpc) is 2.75. The number of hydrogen-bond acceptors (Lipinski definition) is 7. The van der Waals surface area contributed by atoms with Crippen molar-refractivity contribution in [2.45, 2.75) is 0 Å². The van der Waals surface area contributed by atoms with Gasteiger partial charge in [0.2, 0.25) is 0 Å². The maximum Gasteiger partial charge on any atom is 0.438 e. The van der Waals surface area contributed by atoms with E-state index in [9.17, 15) is 15.3 Å². The fraction of sp³-hybridized carbons (Fsp3) is 0.200. The minimum absolute atomic E-state index is 0.281. The van der Waals surface area contributed by atoms with Gasteiger partial charge in [-0.1, -0.05) is 4.85 Å². The summed E-state index contributed by atoms with van der Waals surface area (Å²) < 4.78 is 10.7. The highest BCUT2D eigenvalue weighted by molar-refractivity contribution is 5.48. The van der Waals surface area contributed by atoms with Gasteiger partial charge >= 0.3 is 5.82 Å². The van der Waals surface area contributed by atoms with E-state index < -0.39 is 16.2 Å². The van der Waals surface area contributed by atoms with E-state index in [1.807, 2.05) is 0 Å². The van der Waals surface area contributed by atoms with Crippen LogP contribution in [0.1, 0.15) is 0 Å². The molecule has 104 valence electrons. The lowest BCUT2D eigenvalue weighted by Gasteiger charge is -2.18. The standard InChI is InChI=1S/C10H9N5O5/c11-9-10(15(17)18)12-13(14(9)16)6-1-2-7-8(5-6)20-4-3-19-7/h1-2,5,11,16H,3-4H2. The zero-order valence-corrected chi connectivity index (χ0v) is 10.0. The number of fused-ring (bicyclic) bond motifs is 1. The van der Waals surface area contributed by atoms with Crippen LogP contribution in [0.25, 0.3) is 5.69 Å². The molecule has 0 radical (unpaired) electrons. The lowest BCUT2D eigenvalue weighted by molar-refractivity contribution is -0.391. The quantitative estimate of drug-likeness (QED) is 0.454. The lowest BCUT2D eigenvalue weighted by atomic mass is 10.2. The fourth-order valence-electron chi connectivity index (χ4n) is 1.81. The second-order valence-corrected chi connectivity index (χ2v) is 3.94. The van der Waals surface area contributed by atoms with Crippen LogP contribution in [-0.2, 0) is 0 Å². The molecule has 2 N–H and O–H groups in total. The Hall–Kier alpha value is -3.04. The van der Waals surface area contributed by atoms with E-state index in [-0.39, 0.29) is 4.85 Å². The summed E-state index contributed by atoms with van der Waals surface area (Å²) in [5.41, 5.74) is -0.414. The van der Waals surface area contributed by atoms with Crippen molar-refractivity contribution in [3.63, 3.8) is 0 Å². The normalized spacial score (nSPS) is 13.2. The number of ether oxygens (including phenoxy) is 2. The number of rotatable bonds is 2. The van der Waals surface area contributed by atoms with Crippen LogP contribution < -0.4 is 15.0 Å². The average molecular weight is 279 g/mol. The molecule has 0 spiro atoms. The molecule has 0 atom stereocenters. The molecule has 10 heteroatoms. The van der Waals surface area contributed by atoms with Crippen molar-refractivity contribution in [1.82, 2.24) is 14.7 Å². The van der Waals surface area contributed by atoms with Crippen LogP contribution in [0.2, 0.25) is 0 Å². The summed E-state index contributed by atoms with van der Waals surface area (Å²) >= 11 is 0. The summed E-state index contributed by atoms with van der Waals surface area (Å²) in [5.74, 6) is 0.234. The number of aromatic nitrogens is 3. The van der Waals surface area contributed by atoms with Gasteiger partial charge in [0.05, 0.1) is 5.10 Å². The van der Waals surface area contributed by atoms with E-state index in [0.29, 0.717) is 30.4 Å². The van der Waals surface area contributed by atoms with Crippen LogP contribution in [0.5, 0.6) is 11.5 Å². The minimum atomic E-state index is -0.844. The molecule has 0 bridgehead atoms. The third-order valence-electron chi connectivity index (χ3n) is 2.71. The van der Waals surface area contributed by atoms with Crippen LogP contribution >= 0.6 is 0 Å². The largest absolute Gasteiger partial charge is 0.486 e. The Balaban J connectivity index is 2.12. The second kappa shape index (κ2) is 4.26. The summed E-state index contributed by atoms with van der Waals surface area (Å²) in [5, 5.41) is 31.4. The zero-order valence-electron chi connectivity index (χ0n) is 10.0. The Bertz CT molecular complexity index is 749. The van der Waals surface area contributed by atoms with Crippen LogP contribution in [0.3, 0.4) is 0 Å². The minimum Gasteiger partial charge on any atom is -0.486 e. The van der Waals surface area contributed by atoms with E-state index >= 15 is 0 Å². The molecule has 1 aromatic carbocycles. The number of hydrogen-bond donors (Lipinski definition) is 2. The van der Waals surface area contributed by atoms with E-state index in [1.54, 1.807) is 6.07 Å². The Morgan fingerprint density at radius 2 is 2.05 bits per heavy atom. The summed E-state index contributed by atoms with van der Waals surface area (Å²) in [7, 11) is 0. The molecule has 2 aromatic rings. The Morgan fingerprint density at radius 3 is 2.70 bits per heavy atom.